The number of allylic oxidation sites excluding steroid dienone is 1. The molecule has 3 aliphatic carbocycles. The van der Waals surface area contributed by atoms with Crippen LogP contribution in [0.2, 0.25) is 19.6 Å². The lowest BCUT2D eigenvalue weighted by atomic mass is 9.46. The zero-order valence-corrected chi connectivity index (χ0v) is 16.6. The lowest BCUT2D eigenvalue weighted by molar-refractivity contribution is -0.183. The molecule has 130 valence electrons. The summed E-state index contributed by atoms with van der Waals surface area (Å²) < 4.78 is 7.06. The van der Waals surface area contributed by atoms with Gasteiger partial charge in [-0.15, -0.1) is 0 Å². The first-order valence-corrected chi connectivity index (χ1v) is 12.7. The molecule has 0 aromatic carbocycles. The lowest BCUT2D eigenvalue weighted by Crippen LogP contribution is -2.67. The van der Waals surface area contributed by atoms with Gasteiger partial charge in [0.15, 0.2) is 8.32 Å². The van der Waals surface area contributed by atoms with Crippen LogP contribution in [-0.2, 0) is 4.43 Å². The van der Waals surface area contributed by atoms with Gasteiger partial charge in [-0.1, -0.05) is 38.2 Å². The van der Waals surface area contributed by atoms with E-state index in [1.165, 1.54) is 18.4 Å². The topological polar surface area (TPSA) is 29.5 Å². The highest BCUT2D eigenvalue weighted by molar-refractivity contribution is 6.69. The molecule has 0 bridgehead atoms. The van der Waals surface area contributed by atoms with Gasteiger partial charge in [0.05, 0.1) is 11.7 Å². The largest absolute Gasteiger partial charge is 0.411 e. The minimum Gasteiger partial charge on any atom is -0.411 e. The molecular weight excluding hydrogens is 300 g/mol. The van der Waals surface area contributed by atoms with Crippen molar-refractivity contribution in [3.8, 4) is 0 Å². The Hall–Kier alpha value is -0.383. The summed E-state index contributed by atoms with van der Waals surface area (Å²) in [6.07, 6.45) is 9.41. The highest BCUT2D eigenvalue weighted by atomic mass is 28.4. The van der Waals surface area contributed by atoms with Gasteiger partial charge in [0.2, 0.25) is 0 Å². The monoisotopic (exact) mass is 334 g/mol. The van der Waals surface area contributed by atoms with Crippen LogP contribution in [0.15, 0.2) is 24.3 Å². The molecule has 0 spiro atoms. The molecule has 0 saturated heterocycles. The molecule has 0 unspecified atom stereocenters. The number of hydrogen-bond donors (Lipinski definition) is 1. The quantitative estimate of drug-likeness (QED) is 0.574. The third kappa shape index (κ3) is 2.69. The first kappa shape index (κ1) is 17.4. The maximum absolute atomic E-state index is 10.7. The first-order chi connectivity index (χ1) is 10.6. The van der Waals surface area contributed by atoms with Crippen molar-refractivity contribution in [2.24, 2.45) is 23.2 Å². The van der Waals surface area contributed by atoms with Gasteiger partial charge < -0.3 is 9.53 Å². The summed E-state index contributed by atoms with van der Waals surface area (Å²) in [7, 11) is -1.71. The molecule has 23 heavy (non-hydrogen) atoms. The SMILES string of the molecule is C=C1C[C@@H]2[C@@H](O)C=CC[C@@]2(C)[C@]2(O[Si](C)(C)C)C[C@H](C)CC[C@@H]12. The number of rotatable bonds is 2. The third-order valence-electron chi connectivity index (χ3n) is 6.70. The molecule has 3 rings (SSSR count). The molecular formula is C20H34O2Si. The second kappa shape index (κ2) is 5.57. The van der Waals surface area contributed by atoms with E-state index in [-0.39, 0.29) is 23.0 Å². The van der Waals surface area contributed by atoms with E-state index in [2.05, 4.69) is 46.1 Å². The Bertz CT molecular complexity index is 520. The lowest BCUT2D eigenvalue weighted by Gasteiger charge is -2.65. The van der Waals surface area contributed by atoms with E-state index < -0.39 is 8.32 Å². The van der Waals surface area contributed by atoms with Crippen molar-refractivity contribution in [1.29, 1.82) is 0 Å². The number of hydrogen-bond acceptors (Lipinski definition) is 2. The van der Waals surface area contributed by atoms with Crippen LogP contribution in [0.3, 0.4) is 0 Å². The predicted molar refractivity (Wildman–Crippen MR) is 98.8 cm³/mol. The minimum atomic E-state index is -1.71. The highest BCUT2D eigenvalue weighted by Crippen LogP contribution is 2.64. The summed E-state index contributed by atoms with van der Waals surface area (Å²) in [6.45, 7) is 16.1. The van der Waals surface area contributed by atoms with Crippen LogP contribution >= 0.6 is 0 Å². The van der Waals surface area contributed by atoms with E-state index in [1.54, 1.807) is 0 Å². The molecule has 0 aromatic heterocycles. The van der Waals surface area contributed by atoms with E-state index in [0.717, 1.165) is 19.3 Å². The van der Waals surface area contributed by atoms with E-state index in [0.29, 0.717) is 11.8 Å². The second-order valence-electron chi connectivity index (χ2n) is 9.55. The van der Waals surface area contributed by atoms with Gasteiger partial charge in [0.1, 0.15) is 0 Å². The second-order valence-corrected chi connectivity index (χ2v) is 14.0. The summed E-state index contributed by atoms with van der Waals surface area (Å²) in [6, 6.07) is 0. The van der Waals surface area contributed by atoms with Crippen molar-refractivity contribution in [3.05, 3.63) is 24.3 Å². The zero-order valence-electron chi connectivity index (χ0n) is 15.6. The maximum atomic E-state index is 10.7. The Labute approximate surface area is 143 Å². The molecule has 6 atom stereocenters. The number of aliphatic hydroxyl groups excluding tert-OH is 1. The molecule has 2 saturated carbocycles. The van der Waals surface area contributed by atoms with Gasteiger partial charge in [-0.25, -0.2) is 0 Å². The van der Waals surface area contributed by atoms with Gasteiger partial charge in [-0.3, -0.25) is 0 Å². The molecule has 1 N–H and O–H groups in total. The van der Waals surface area contributed by atoms with E-state index in [9.17, 15) is 5.11 Å². The average molecular weight is 335 g/mol. The fraction of sp³-hybridized carbons (Fsp3) is 0.800. The molecule has 2 fully saturated rings. The Morgan fingerprint density at radius 3 is 2.65 bits per heavy atom. The van der Waals surface area contributed by atoms with Gasteiger partial charge >= 0.3 is 0 Å². The fourth-order valence-corrected chi connectivity index (χ4v) is 7.31. The van der Waals surface area contributed by atoms with E-state index in [4.69, 9.17) is 4.43 Å². The Morgan fingerprint density at radius 2 is 2.00 bits per heavy atom. The van der Waals surface area contributed by atoms with Crippen LogP contribution in [0, 0.1) is 23.2 Å². The van der Waals surface area contributed by atoms with Crippen molar-refractivity contribution in [3.63, 3.8) is 0 Å². The molecule has 3 heteroatoms. The average Bonchev–Trinajstić information content (AvgIpc) is 2.40. The maximum Gasteiger partial charge on any atom is 0.184 e. The van der Waals surface area contributed by atoms with Gasteiger partial charge in [-0.2, -0.15) is 0 Å². The van der Waals surface area contributed by atoms with Crippen molar-refractivity contribution in [2.75, 3.05) is 0 Å². The number of aliphatic hydroxyl groups is 1. The normalized spacial score (nSPS) is 47.1. The highest BCUT2D eigenvalue weighted by Gasteiger charge is 2.64. The Kier molecular flexibility index (Phi) is 4.22. The van der Waals surface area contributed by atoms with Crippen molar-refractivity contribution >= 4 is 8.32 Å². The Morgan fingerprint density at radius 1 is 1.30 bits per heavy atom. The van der Waals surface area contributed by atoms with Crippen LogP contribution < -0.4 is 0 Å². The summed E-state index contributed by atoms with van der Waals surface area (Å²) >= 11 is 0. The Balaban J connectivity index is 2.13. The van der Waals surface area contributed by atoms with Crippen molar-refractivity contribution < 1.29 is 9.53 Å². The van der Waals surface area contributed by atoms with Gasteiger partial charge in [0, 0.05) is 17.3 Å². The van der Waals surface area contributed by atoms with Crippen LogP contribution in [0.5, 0.6) is 0 Å². The van der Waals surface area contributed by atoms with E-state index >= 15 is 0 Å². The van der Waals surface area contributed by atoms with Crippen LogP contribution in [0.25, 0.3) is 0 Å². The van der Waals surface area contributed by atoms with Crippen molar-refractivity contribution in [1.82, 2.24) is 0 Å². The van der Waals surface area contributed by atoms with E-state index in [1.807, 2.05) is 6.08 Å². The summed E-state index contributed by atoms with van der Waals surface area (Å²) in [5.74, 6) is 1.40. The fourth-order valence-electron chi connectivity index (χ4n) is 5.76. The number of fused-ring (bicyclic) bond motifs is 3. The van der Waals surface area contributed by atoms with Gasteiger partial charge in [-0.05, 0) is 57.7 Å². The summed E-state index contributed by atoms with van der Waals surface area (Å²) in [4.78, 5) is 0. The van der Waals surface area contributed by atoms with Crippen LogP contribution in [-0.4, -0.2) is 25.1 Å². The molecule has 0 amide bonds. The van der Waals surface area contributed by atoms with Crippen LogP contribution in [0.1, 0.15) is 46.0 Å². The molecule has 2 nitrogen and oxygen atoms in total. The first-order valence-electron chi connectivity index (χ1n) is 9.32. The van der Waals surface area contributed by atoms with Gasteiger partial charge in [0.25, 0.3) is 0 Å². The molecule has 0 aromatic rings. The van der Waals surface area contributed by atoms with Crippen molar-refractivity contribution in [2.45, 2.75) is 77.3 Å². The third-order valence-corrected chi connectivity index (χ3v) is 7.68. The molecule has 0 radical (unpaired) electrons. The van der Waals surface area contributed by atoms with Crippen LogP contribution in [0.4, 0.5) is 0 Å². The predicted octanol–water partition coefficient (Wildman–Crippen LogP) is 4.92. The summed E-state index contributed by atoms with van der Waals surface area (Å²) in [5.41, 5.74) is 1.20. The zero-order chi connectivity index (χ0) is 17.0. The molecule has 0 aliphatic heterocycles. The summed E-state index contributed by atoms with van der Waals surface area (Å²) in [5, 5.41) is 10.7. The molecule has 3 aliphatic rings. The molecule has 0 heterocycles. The minimum absolute atomic E-state index is 0.0159. The standard InChI is InChI=1S/C20H34O2Si/c1-14-9-10-16-15(2)12-17-18(21)8-7-11-19(17,3)20(16,13-14)22-23(4,5)6/h7-8,14,16-18,21H,2,9-13H2,1,3-6H3/t14-,16+,17-,18+,19-,20+/m1/s1. The smallest absolute Gasteiger partial charge is 0.184 e.